The van der Waals surface area contributed by atoms with Gasteiger partial charge in [0.1, 0.15) is 26.5 Å². The first kappa shape index (κ1) is 21.9. The van der Waals surface area contributed by atoms with Crippen LogP contribution in [0.1, 0.15) is 28.4 Å². The van der Waals surface area contributed by atoms with Crippen LogP contribution in [0.15, 0.2) is 78.9 Å². The summed E-state index contributed by atoms with van der Waals surface area (Å²) < 4.78 is 6.45. The molecule has 5 aromatic rings. The molecule has 5 aromatic carbocycles. The highest BCUT2D eigenvalue weighted by Crippen LogP contribution is 2.61. The summed E-state index contributed by atoms with van der Waals surface area (Å²) in [5.41, 5.74) is 17.0. The van der Waals surface area contributed by atoms with Crippen molar-refractivity contribution in [1.29, 1.82) is 0 Å². The predicted molar refractivity (Wildman–Crippen MR) is 158 cm³/mol. The second-order valence-corrected chi connectivity index (χ2v) is 16.3. The van der Waals surface area contributed by atoms with E-state index in [1.165, 1.54) is 38.6 Å². The molecule has 0 saturated carbocycles. The van der Waals surface area contributed by atoms with Crippen LogP contribution in [0.2, 0.25) is 19.6 Å². The Balaban J connectivity index is 1.66. The Morgan fingerprint density at radius 2 is 1.42 bits per heavy atom. The van der Waals surface area contributed by atoms with E-state index in [0.29, 0.717) is 6.61 Å². The number of fused-ring (bicyclic) bond motifs is 11. The van der Waals surface area contributed by atoms with Crippen molar-refractivity contribution in [3.8, 4) is 61.7 Å². The summed E-state index contributed by atoms with van der Waals surface area (Å²) in [6.07, 6.45) is -0.723. The molecule has 0 spiro atoms. The van der Waals surface area contributed by atoms with Gasteiger partial charge in [-0.15, -0.1) is 5.54 Å². The smallest absolute Gasteiger partial charge is 0.129 e. The summed E-state index contributed by atoms with van der Waals surface area (Å²) >= 11 is 0. The molecule has 8 rings (SSSR count). The number of rotatable bonds is 0. The van der Waals surface area contributed by atoms with Crippen molar-refractivity contribution in [3.05, 3.63) is 101 Å². The van der Waals surface area contributed by atoms with E-state index in [4.69, 9.17) is 4.74 Å². The van der Waals surface area contributed by atoms with Gasteiger partial charge in [0.15, 0.2) is 0 Å². The molecule has 3 aliphatic rings. The van der Waals surface area contributed by atoms with Crippen molar-refractivity contribution in [2.24, 2.45) is 0 Å². The fourth-order valence-electron chi connectivity index (χ4n) is 6.58. The molecule has 2 aliphatic carbocycles. The van der Waals surface area contributed by atoms with Crippen LogP contribution in [0.3, 0.4) is 0 Å². The van der Waals surface area contributed by atoms with E-state index in [2.05, 4.69) is 104 Å². The molecule has 0 bridgehead atoms. The van der Waals surface area contributed by atoms with Gasteiger partial charge in [-0.3, -0.25) is 0 Å². The van der Waals surface area contributed by atoms with Crippen LogP contribution >= 0.6 is 0 Å². The zero-order chi connectivity index (χ0) is 25.8. The van der Waals surface area contributed by atoms with E-state index < -0.39 is 14.2 Å². The van der Waals surface area contributed by atoms with E-state index in [1.807, 2.05) is 6.07 Å². The predicted octanol–water partition coefficient (Wildman–Crippen LogP) is 8.34. The van der Waals surface area contributed by atoms with Gasteiger partial charge in [-0.1, -0.05) is 98.4 Å². The van der Waals surface area contributed by atoms with Gasteiger partial charge in [-0.25, -0.2) is 0 Å². The molecule has 182 valence electrons. The summed E-state index contributed by atoms with van der Waals surface area (Å²) in [6, 6.07) is 27.7. The van der Waals surface area contributed by atoms with Gasteiger partial charge in [0.2, 0.25) is 0 Å². The molecule has 38 heavy (non-hydrogen) atoms. The maximum Gasteiger partial charge on any atom is 0.129 e. The Labute approximate surface area is 223 Å². The van der Waals surface area contributed by atoms with Crippen LogP contribution in [-0.2, 0) is 6.61 Å². The summed E-state index contributed by atoms with van der Waals surface area (Å²) in [5, 5.41) is 14.3. The lowest BCUT2D eigenvalue weighted by Crippen LogP contribution is -2.16. The van der Waals surface area contributed by atoms with Crippen molar-refractivity contribution in [2.75, 3.05) is 0 Å². The van der Waals surface area contributed by atoms with E-state index in [9.17, 15) is 5.11 Å². The zero-order valence-electron chi connectivity index (χ0n) is 21.6. The number of ether oxygens (including phenoxy) is 1. The van der Waals surface area contributed by atoms with Gasteiger partial charge in [0, 0.05) is 33.0 Å². The summed E-state index contributed by atoms with van der Waals surface area (Å²) in [6.45, 7) is 7.38. The first-order chi connectivity index (χ1) is 18.4. The molecule has 0 fully saturated rings. The quantitative estimate of drug-likeness (QED) is 0.166. The topological polar surface area (TPSA) is 29.5 Å². The second kappa shape index (κ2) is 7.48. The van der Waals surface area contributed by atoms with E-state index in [1.54, 1.807) is 0 Å². The second-order valence-electron chi connectivity index (χ2n) is 11.6. The summed E-state index contributed by atoms with van der Waals surface area (Å²) in [5.74, 6) is 4.57. The van der Waals surface area contributed by atoms with Crippen molar-refractivity contribution in [3.63, 3.8) is 0 Å². The zero-order valence-corrected chi connectivity index (χ0v) is 22.6. The molecule has 1 aliphatic heterocycles. The van der Waals surface area contributed by atoms with Gasteiger partial charge in [0.25, 0.3) is 0 Å². The summed E-state index contributed by atoms with van der Waals surface area (Å²) in [4.78, 5) is 0. The summed E-state index contributed by atoms with van der Waals surface area (Å²) in [7, 11) is -1.69. The first-order valence-corrected chi connectivity index (χ1v) is 16.7. The van der Waals surface area contributed by atoms with Crippen LogP contribution in [0.25, 0.3) is 55.3 Å². The third-order valence-electron chi connectivity index (χ3n) is 8.10. The highest BCUT2D eigenvalue weighted by Gasteiger charge is 2.39. The van der Waals surface area contributed by atoms with Gasteiger partial charge >= 0.3 is 0 Å². The maximum absolute atomic E-state index is 11.9. The van der Waals surface area contributed by atoms with Crippen molar-refractivity contribution < 1.29 is 9.84 Å². The Morgan fingerprint density at radius 1 is 0.737 bits per heavy atom. The molecular weight excluding hydrogens is 480 g/mol. The van der Waals surface area contributed by atoms with Gasteiger partial charge in [-0.05, 0) is 50.6 Å². The molecule has 1 unspecified atom stereocenters. The maximum atomic E-state index is 11.9. The minimum absolute atomic E-state index is 0.559. The minimum Gasteiger partial charge on any atom is -0.488 e. The average molecular weight is 507 g/mol. The number of hydrogen-bond acceptors (Lipinski definition) is 2. The van der Waals surface area contributed by atoms with Crippen LogP contribution < -0.4 is 4.74 Å². The van der Waals surface area contributed by atoms with Crippen molar-refractivity contribution in [1.82, 2.24) is 0 Å². The molecule has 1 heterocycles. The molecule has 1 atom stereocenters. The van der Waals surface area contributed by atoms with Gasteiger partial charge < -0.3 is 9.84 Å². The van der Waals surface area contributed by atoms with Crippen molar-refractivity contribution in [2.45, 2.75) is 32.4 Å². The van der Waals surface area contributed by atoms with Crippen LogP contribution in [0.4, 0.5) is 0 Å². The van der Waals surface area contributed by atoms with Crippen LogP contribution in [0.5, 0.6) is 5.75 Å². The monoisotopic (exact) mass is 506 g/mol. The van der Waals surface area contributed by atoms with E-state index >= 15 is 0 Å². The Kier molecular flexibility index (Phi) is 4.32. The highest BCUT2D eigenvalue weighted by atomic mass is 28.3. The fourth-order valence-corrected chi connectivity index (χ4v) is 7.08. The fraction of sp³-hybridized carbons (Fsp3) is 0.143. The Morgan fingerprint density at radius 3 is 2.21 bits per heavy atom. The molecule has 0 saturated heterocycles. The number of benzene rings is 5. The van der Waals surface area contributed by atoms with Gasteiger partial charge in [0.05, 0.1) is 0 Å². The van der Waals surface area contributed by atoms with Crippen LogP contribution in [-0.4, -0.2) is 13.2 Å². The minimum atomic E-state index is -1.69. The first-order valence-electron chi connectivity index (χ1n) is 13.2. The van der Waals surface area contributed by atoms with Crippen molar-refractivity contribution >= 4 is 18.8 Å². The lowest BCUT2D eigenvalue weighted by molar-refractivity contribution is 0.225. The number of aliphatic hydroxyl groups is 1. The van der Waals surface area contributed by atoms with Gasteiger partial charge in [-0.2, -0.15) is 0 Å². The molecule has 0 radical (unpaired) electrons. The standard InChI is InChI=1S/C35H26O2Si/c1-38(2,3)17-16-26-29-23-13-7-6-12-22(23)27-18-28-30(21-11-5-4-10-20(21)19-37-28)34(32(27)29)31-24-14-8-9-15-25(24)35(36)33(26)31/h4-15,18,35-36H,19H2,1-3H3. The molecular formula is C35H26O2Si. The molecule has 0 amide bonds. The van der Waals surface area contributed by atoms with E-state index in [0.717, 1.165) is 44.7 Å². The largest absolute Gasteiger partial charge is 0.488 e. The Bertz CT molecular complexity index is 1930. The Hall–Kier alpha value is -4.10. The third kappa shape index (κ3) is 2.82. The SMILES string of the molecule is C[Si](C)(C)C#Cc1c2c(c3c4c(cc5c3c1-c1ccccc1-5)OCc1ccccc1-4)-c1ccccc1C2O. The number of aliphatic hydroxyl groups excluding tert-OH is 1. The molecule has 3 heteroatoms. The molecule has 1 N–H and O–H groups in total. The third-order valence-corrected chi connectivity index (χ3v) is 8.97. The average Bonchev–Trinajstić information content (AvgIpc) is 3.41. The highest BCUT2D eigenvalue weighted by molar-refractivity contribution is 6.83. The molecule has 0 aromatic heterocycles. The normalized spacial score (nSPS) is 15.5. The van der Waals surface area contributed by atoms with E-state index in [-0.39, 0.29) is 0 Å². The lowest BCUT2D eigenvalue weighted by atomic mass is 9.83. The molecule has 2 nitrogen and oxygen atoms in total. The number of hydrogen-bond donors (Lipinski definition) is 1. The van der Waals surface area contributed by atoms with Crippen LogP contribution in [0, 0.1) is 11.5 Å². The lowest BCUT2D eigenvalue weighted by Gasteiger charge is -2.25.